The van der Waals surface area contributed by atoms with E-state index in [4.69, 9.17) is 0 Å². The van der Waals surface area contributed by atoms with Gasteiger partial charge >= 0.3 is 0 Å². The highest BCUT2D eigenvalue weighted by molar-refractivity contribution is 14.1. The predicted molar refractivity (Wildman–Crippen MR) is 50.7 cm³/mol. The zero-order chi connectivity index (χ0) is 7.84. The standard InChI is InChI=1S/C7H5IN2O/c8-6-4-10-3-1-2-5(10)7(11)9-6/h1-4H,(H,9,11). The van der Waals surface area contributed by atoms with Crippen LogP contribution in [0.4, 0.5) is 0 Å². The van der Waals surface area contributed by atoms with E-state index in [1.165, 1.54) is 0 Å². The minimum Gasteiger partial charge on any atom is -0.317 e. The van der Waals surface area contributed by atoms with Gasteiger partial charge in [0.25, 0.3) is 5.56 Å². The van der Waals surface area contributed by atoms with Gasteiger partial charge in [-0.15, -0.1) is 0 Å². The number of aromatic amines is 1. The molecule has 0 spiro atoms. The summed E-state index contributed by atoms with van der Waals surface area (Å²) in [7, 11) is 0. The number of nitrogens with one attached hydrogen (secondary N) is 1. The van der Waals surface area contributed by atoms with Gasteiger partial charge in [-0.05, 0) is 34.7 Å². The lowest BCUT2D eigenvalue weighted by atomic mass is 10.5. The van der Waals surface area contributed by atoms with E-state index >= 15 is 0 Å². The second-order valence-electron chi connectivity index (χ2n) is 2.23. The highest BCUT2D eigenvalue weighted by Gasteiger charge is 1.96. The summed E-state index contributed by atoms with van der Waals surface area (Å²) < 4.78 is 2.65. The van der Waals surface area contributed by atoms with E-state index in [-0.39, 0.29) is 5.56 Å². The summed E-state index contributed by atoms with van der Waals surface area (Å²) in [5, 5.41) is 0. The van der Waals surface area contributed by atoms with Gasteiger partial charge in [0, 0.05) is 12.4 Å². The van der Waals surface area contributed by atoms with Gasteiger partial charge < -0.3 is 9.38 Å². The Kier molecular flexibility index (Phi) is 1.49. The van der Waals surface area contributed by atoms with Crippen LogP contribution in [0.2, 0.25) is 0 Å². The molecule has 2 heterocycles. The number of nitrogens with zero attached hydrogens (tertiary/aromatic N) is 1. The lowest BCUT2D eigenvalue weighted by Crippen LogP contribution is -2.09. The van der Waals surface area contributed by atoms with Gasteiger partial charge in [-0.2, -0.15) is 0 Å². The number of rotatable bonds is 0. The molecule has 0 bridgehead atoms. The molecule has 0 aliphatic heterocycles. The van der Waals surface area contributed by atoms with Crippen molar-refractivity contribution in [2.45, 2.75) is 0 Å². The summed E-state index contributed by atoms with van der Waals surface area (Å²) in [6, 6.07) is 3.63. The van der Waals surface area contributed by atoms with Gasteiger partial charge in [-0.1, -0.05) is 0 Å². The predicted octanol–water partition coefficient (Wildman–Crippen LogP) is 1.23. The van der Waals surface area contributed by atoms with Gasteiger partial charge in [-0.25, -0.2) is 0 Å². The summed E-state index contributed by atoms with van der Waals surface area (Å²) in [6.07, 6.45) is 3.73. The van der Waals surface area contributed by atoms with Crippen molar-refractivity contribution >= 4 is 28.1 Å². The van der Waals surface area contributed by atoms with Crippen LogP contribution in [-0.2, 0) is 0 Å². The number of aromatic nitrogens is 2. The summed E-state index contributed by atoms with van der Waals surface area (Å²) in [5.41, 5.74) is 0.646. The molecule has 0 saturated heterocycles. The van der Waals surface area contributed by atoms with Crippen LogP contribution >= 0.6 is 22.6 Å². The lowest BCUT2D eigenvalue weighted by molar-refractivity contribution is 1.08. The van der Waals surface area contributed by atoms with Crippen molar-refractivity contribution < 1.29 is 0 Å². The SMILES string of the molecule is O=c1[nH]c(I)cn2cccc12. The number of H-pyrrole nitrogens is 1. The van der Waals surface area contributed by atoms with Gasteiger partial charge in [0.15, 0.2) is 0 Å². The van der Waals surface area contributed by atoms with Gasteiger partial charge in [-0.3, -0.25) is 4.79 Å². The first kappa shape index (κ1) is 6.90. The first-order chi connectivity index (χ1) is 5.27. The minimum absolute atomic E-state index is 0.0399. The van der Waals surface area contributed by atoms with Crippen LogP contribution in [0, 0.1) is 3.70 Å². The molecule has 0 amide bonds. The monoisotopic (exact) mass is 260 g/mol. The summed E-state index contributed by atoms with van der Waals surface area (Å²) in [6.45, 7) is 0. The smallest absolute Gasteiger partial charge is 0.273 e. The lowest BCUT2D eigenvalue weighted by Gasteiger charge is -1.93. The largest absolute Gasteiger partial charge is 0.317 e. The van der Waals surface area contributed by atoms with E-state index in [1.54, 1.807) is 10.5 Å². The zero-order valence-corrected chi connectivity index (χ0v) is 7.70. The molecule has 1 N–H and O–H groups in total. The molecular formula is C7H5IN2O. The van der Waals surface area contributed by atoms with Crippen LogP contribution in [-0.4, -0.2) is 9.38 Å². The van der Waals surface area contributed by atoms with Crippen LogP contribution in [0.5, 0.6) is 0 Å². The molecule has 2 aromatic heterocycles. The van der Waals surface area contributed by atoms with E-state index < -0.39 is 0 Å². The maximum atomic E-state index is 11.2. The minimum atomic E-state index is -0.0399. The highest BCUT2D eigenvalue weighted by atomic mass is 127. The Morgan fingerprint density at radius 3 is 3.18 bits per heavy atom. The molecule has 2 aromatic rings. The van der Waals surface area contributed by atoms with Crippen molar-refractivity contribution in [3.8, 4) is 0 Å². The topological polar surface area (TPSA) is 37.3 Å². The Balaban J connectivity index is 3.02. The molecular weight excluding hydrogens is 255 g/mol. The van der Waals surface area contributed by atoms with Crippen LogP contribution in [0.25, 0.3) is 5.52 Å². The Bertz CT molecular complexity index is 443. The number of fused-ring (bicyclic) bond motifs is 1. The quantitative estimate of drug-likeness (QED) is 0.711. The molecule has 0 aliphatic rings. The van der Waals surface area contributed by atoms with E-state index in [0.717, 1.165) is 3.70 Å². The molecule has 2 rings (SSSR count). The number of hydrogen-bond acceptors (Lipinski definition) is 1. The maximum absolute atomic E-state index is 11.2. The second kappa shape index (κ2) is 2.37. The second-order valence-corrected chi connectivity index (χ2v) is 3.39. The molecule has 0 aromatic carbocycles. The number of hydrogen-bond donors (Lipinski definition) is 1. The average molecular weight is 260 g/mol. The van der Waals surface area contributed by atoms with Crippen molar-refractivity contribution in [1.82, 2.24) is 9.38 Å². The molecule has 0 saturated carbocycles. The molecule has 0 radical (unpaired) electrons. The molecule has 0 atom stereocenters. The number of halogens is 1. The van der Waals surface area contributed by atoms with Crippen molar-refractivity contribution in [2.75, 3.05) is 0 Å². The molecule has 11 heavy (non-hydrogen) atoms. The third kappa shape index (κ3) is 1.07. The Hall–Kier alpha value is -0.780. The molecule has 56 valence electrons. The summed E-state index contributed by atoms with van der Waals surface area (Å²) in [4.78, 5) is 13.9. The summed E-state index contributed by atoms with van der Waals surface area (Å²) in [5.74, 6) is 0. The fourth-order valence-electron chi connectivity index (χ4n) is 1.03. The maximum Gasteiger partial charge on any atom is 0.273 e. The molecule has 4 heteroatoms. The van der Waals surface area contributed by atoms with Gasteiger partial charge in [0.05, 0.1) is 3.70 Å². The Morgan fingerprint density at radius 1 is 1.55 bits per heavy atom. The van der Waals surface area contributed by atoms with E-state index in [2.05, 4.69) is 27.6 Å². The van der Waals surface area contributed by atoms with E-state index in [1.807, 2.05) is 18.5 Å². The Morgan fingerprint density at radius 2 is 2.36 bits per heavy atom. The first-order valence-corrected chi connectivity index (χ1v) is 4.21. The third-order valence-corrected chi connectivity index (χ3v) is 2.05. The van der Waals surface area contributed by atoms with Crippen molar-refractivity contribution in [3.05, 3.63) is 38.6 Å². The van der Waals surface area contributed by atoms with Crippen molar-refractivity contribution in [3.63, 3.8) is 0 Å². The van der Waals surface area contributed by atoms with Crippen molar-refractivity contribution in [1.29, 1.82) is 0 Å². The van der Waals surface area contributed by atoms with Gasteiger partial charge in [0.1, 0.15) is 5.52 Å². The molecule has 0 fully saturated rings. The third-order valence-electron chi connectivity index (χ3n) is 1.50. The molecule has 0 unspecified atom stereocenters. The first-order valence-electron chi connectivity index (χ1n) is 3.13. The summed E-state index contributed by atoms with van der Waals surface area (Å²) >= 11 is 2.07. The van der Waals surface area contributed by atoms with Crippen LogP contribution in [0.1, 0.15) is 0 Å². The average Bonchev–Trinajstić information content (AvgIpc) is 2.34. The Labute approximate surface area is 76.2 Å². The van der Waals surface area contributed by atoms with Crippen LogP contribution in [0.15, 0.2) is 29.3 Å². The van der Waals surface area contributed by atoms with E-state index in [9.17, 15) is 4.79 Å². The highest BCUT2D eigenvalue weighted by Crippen LogP contribution is 2.01. The zero-order valence-electron chi connectivity index (χ0n) is 5.54. The van der Waals surface area contributed by atoms with E-state index in [0.29, 0.717) is 5.52 Å². The van der Waals surface area contributed by atoms with Crippen LogP contribution < -0.4 is 5.56 Å². The molecule has 3 nitrogen and oxygen atoms in total. The normalized spacial score (nSPS) is 10.6. The van der Waals surface area contributed by atoms with Crippen molar-refractivity contribution in [2.24, 2.45) is 0 Å². The van der Waals surface area contributed by atoms with Crippen LogP contribution in [0.3, 0.4) is 0 Å². The van der Waals surface area contributed by atoms with Gasteiger partial charge in [0.2, 0.25) is 0 Å². The molecule has 0 aliphatic carbocycles. The fourth-order valence-corrected chi connectivity index (χ4v) is 1.57. The fraction of sp³-hybridized carbons (Fsp3) is 0.